The monoisotopic (exact) mass is 402 g/mol. The second kappa shape index (κ2) is 8.21. The first kappa shape index (κ1) is 17.7. The van der Waals surface area contributed by atoms with Gasteiger partial charge in [0.1, 0.15) is 0 Å². The van der Waals surface area contributed by atoms with Gasteiger partial charge in [-0.15, -0.1) is 24.0 Å². The lowest BCUT2D eigenvalue weighted by Crippen LogP contribution is -2.38. The fourth-order valence-electron chi connectivity index (χ4n) is 2.04. The summed E-state index contributed by atoms with van der Waals surface area (Å²) in [7, 11) is 1.77. The summed E-state index contributed by atoms with van der Waals surface area (Å²) in [6.45, 7) is 4.41. The molecule has 3 N–H and O–H groups in total. The first-order valence-electron chi connectivity index (χ1n) is 6.92. The summed E-state index contributed by atoms with van der Waals surface area (Å²) in [6.07, 6.45) is 1.21. The predicted molar refractivity (Wildman–Crippen MR) is 97.1 cm³/mol. The molecule has 1 aromatic carbocycles. The van der Waals surface area contributed by atoms with E-state index < -0.39 is 0 Å². The lowest BCUT2D eigenvalue weighted by molar-refractivity contribution is -0.114. The molecule has 1 saturated carbocycles. The van der Waals surface area contributed by atoms with Crippen molar-refractivity contribution in [3.05, 3.63) is 29.8 Å². The molecule has 5 nitrogen and oxygen atoms in total. The standard InChI is InChI=1S/C15H22N4O.HI/c1-10-7-14(10)19-15(16-3)17-9-12-5-4-6-13(8-12)18-11(2)20;/h4-6,8,10,14H,7,9H2,1-3H3,(H,18,20)(H2,16,17,19);1H. The molecule has 0 aliphatic heterocycles. The average Bonchev–Trinajstić information content (AvgIpc) is 3.09. The molecule has 1 fully saturated rings. The van der Waals surface area contributed by atoms with Gasteiger partial charge < -0.3 is 16.0 Å². The fraction of sp³-hybridized carbons (Fsp3) is 0.467. The first-order chi connectivity index (χ1) is 9.58. The molecule has 0 heterocycles. The molecule has 0 aromatic heterocycles. The van der Waals surface area contributed by atoms with E-state index in [0.717, 1.165) is 23.1 Å². The Morgan fingerprint density at radius 3 is 2.71 bits per heavy atom. The van der Waals surface area contributed by atoms with E-state index in [2.05, 4.69) is 27.9 Å². The SMILES string of the molecule is CN=C(NCc1cccc(NC(C)=O)c1)NC1CC1C.I. The molecule has 0 saturated heterocycles. The van der Waals surface area contributed by atoms with Crippen LogP contribution in [0.15, 0.2) is 29.3 Å². The van der Waals surface area contributed by atoms with Gasteiger partial charge in [0.25, 0.3) is 0 Å². The molecule has 1 amide bonds. The molecule has 1 aromatic rings. The number of hydrogen-bond acceptors (Lipinski definition) is 2. The maximum Gasteiger partial charge on any atom is 0.221 e. The molecule has 0 bridgehead atoms. The molecule has 0 spiro atoms. The number of carbonyl (C=O) groups excluding carboxylic acids is 1. The maximum atomic E-state index is 11.0. The highest BCUT2D eigenvalue weighted by atomic mass is 127. The minimum Gasteiger partial charge on any atom is -0.353 e. The molecule has 1 aliphatic rings. The first-order valence-corrected chi connectivity index (χ1v) is 6.92. The van der Waals surface area contributed by atoms with E-state index in [1.54, 1.807) is 7.05 Å². The summed E-state index contributed by atoms with van der Waals surface area (Å²) >= 11 is 0. The van der Waals surface area contributed by atoms with Crippen LogP contribution < -0.4 is 16.0 Å². The Hall–Kier alpha value is -1.31. The van der Waals surface area contributed by atoms with Gasteiger partial charge in [-0.25, -0.2) is 0 Å². The number of aliphatic imine (C=N–C) groups is 1. The van der Waals surface area contributed by atoms with Crippen LogP contribution in [0.3, 0.4) is 0 Å². The van der Waals surface area contributed by atoms with Crippen LogP contribution in [0.4, 0.5) is 5.69 Å². The third-order valence-electron chi connectivity index (χ3n) is 3.36. The summed E-state index contributed by atoms with van der Waals surface area (Å²) in [5.41, 5.74) is 1.92. The van der Waals surface area contributed by atoms with E-state index in [4.69, 9.17) is 0 Å². The van der Waals surface area contributed by atoms with Crippen molar-refractivity contribution in [1.29, 1.82) is 0 Å². The number of carbonyl (C=O) groups is 1. The molecular weight excluding hydrogens is 379 g/mol. The van der Waals surface area contributed by atoms with Gasteiger partial charge in [-0.3, -0.25) is 9.79 Å². The van der Waals surface area contributed by atoms with Crippen molar-refractivity contribution in [1.82, 2.24) is 10.6 Å². The zero-order chi connectivity index (χ0) is 14.5. The van der Waals surface area contributed by atoms with Crippen molar-refractivity contribution in [2.75, 3.05) is 12.4 Å². The van der Waals surface area contributed by atoms with Crippen LogP contribution in [-0.4, -0.2) is 25.0 Å². The van der Waals surface area contributed by atoms with Gasteiger partial charge in [-0.1, -0.05) is 19.1 Å². The highest BCUT2D eigenvalue weighted by molar-refractivity contribution is 14.0. The number of anilines is 1. The Morgan fingerprint density at radius 2 is 2.14 bits per heavy atom. The third-order valence-corrected chi connectivity index (χ3v) is 3.36. The van der Waals surface area contributed by atoms with Gasteiger partial charge >= 0.3 is 0 Å². The summed E-state index contributed by atoms with van der Waals surface area (Å²) in [5.74, 6) is 1.50. The average molecular weight is 402 g/mol. The second-order valence-electron chi connectivity index (χ2n) is 5.27. The third kappa shape index (κ3) is 5.91. The smallest absolute Gasteiger partial charge is 0.221 e. The summed E-state index contributed by atoms with van der Waals surface area (Å²) in [6, 6.07) is 8.34. The molecule has 0 radical (unpaired) electrons. The quantitative estimate of drug-likeness (QED) is 0.412. The second-order valence-corrected chi connectivity index (χ2v) is 5.27. The lowest BCUT2D eigenvalue weighted by Gasteiger charge is -2.12. The van der Waals surface area contributed by atoms with Gasteiger partial charge in [0.05, 0.1) is 0 Å². The van der Waals surface area contributed by atoms with Crippen LogP contribution in [0.25, 0.3) is 0 Å². The van der Waals surface area contributed by atoms with Crippen molar-refractivity contribution in [3.8, 4) is 0 Å². The van der Waals surface area contributed by atoms with Gasteiger partial charge in [-0.2, -0.15) is 0 Å². The van der Waals surface area contributed by atoms with Crippen molar-refractivity contribution in [3.63, 3.8) is 0 Å². The Bertz CT molecular complexity index is 518. The molecular formula is C15H23IN4O. The number of amides is 1. The number of rotatable bonds is 4. The molecule has 2 unspecified atom stereocenters. The fourth-order valence-corrected chi connectivity index (χ4v) is 2.04. The van der Waals surface area contributed by atoms with Crippen molar-refractivity contribution in [2.45, 2.75) is 32.9 Å². The number of halogens is 1. The van der Waals surface area contributed by atoms with E-state index in [-0.39, 0.29) is 29.9 Å². The summed E-state index contributed by atoms with van der Waals surface area (Å²) in [5, 5.41) is 9.44. The Morgan fingerprint density at radius 1 is 1.43 bits per heavy atom. The Labute approximate surface area is 143 Å². The molecule has 21 heavy (non-hydrogen) atoms. The predicted octanol–water partition coefficient (Wildman–Crippen LogP) is 2.34. The van der Waals surface area contributed by atoms with E-state index in [9.17, 15) is 4.79 Å². The number of nitrogens with one attached hydrogen (secondary N) is 3. The normalized spacial score (nSPS) is 20.2. The van der Waals surface area contributed by atoms with Crippen LogP contribution >= 0.6 is 24.0 Å². The number of guanidine groups is 1. The van der Waals surface area contributed by atoms with Crippen molar-refractivity contribution in [2.24, 2.45) is 10.9 Å². The minimum absolute atomic E-state index is 0. The summed E-state index contributed by atoms with van der Waals surface area (Å²) in [4.78, 5) is 15.3. The number of benzene rings is 1. The van der Waals surface area contributed by atoms with E-state index >= 15 is 0 Å². The maximum absolute atomic E-state index is 11.0. The Balaban J connectivity index is 0.00000220. The van der Waals surface area contributed by atoms with E-state index in [1.807, 2.05) is 24.3 Å². The van der Waals surface area contributed by atoms with Gasteiger partial charge in [0, 0.05) is 32.2 Å². The van der Waals surface area contributed by atoms with Crippen molar-refractivity contribution >= 4 is 41.5 Å². The van der Waals surface area contributed by atoms with Gasteiger partial charge in [0.15, 0.2) is 5.96 Å². The highest BCUT2D eigenvalue weighted by Crippen LogP contribution is 2.28. The molecule has 1 aliphatic carbocycles. The van der Waals surface area contributed by atoms with Crippen LogP contribution in [-0.2, 0) is 11.3 Å². The molecule has 2 rings (SSSR count). The Kier molecular flexibility index (Phi) is 6.94. The minimum atomic E-state index is -0.0599. The lowest BCUT2D eigenvalue weighted by atomic mass is 10.2. The largest absolute Gasteiger partial charge is 0.353 e. The topological polar surface area (TPSA) is 65.5 Å². The van der Waals surface area contributed by atoms with Crippen molar-refractivity contribution < 1.29 is 4.79 Å². The van der Waals surface area contributed by atoms with E-state index in [1.165, 1.54) is 13.3 Å². The zero-order valence-electron chi connectivity index (χ0n) is 12.6. The molecule has 2 atom stereocenters. The van der Waals surface area contributed by atoms with Gasteiger partial charge in [0.2, 0.25) is 5.91 Å². The van der Waals surface area contributed by atoms with Crippen LogP contribution in [0.1, 0.15) is 25.8 Å². The van der Waals surface area contributed by atoms with Crippen LogP contribution in [0, 0.1) is 5.92 Å². The molecule has 6 heteroatoms. The number of nitrogens with zero attached hydrogens (tertiary/aromatic N) is 1. The zero-order valence-corrected chi connectivity index (χ0v) is 15.0. The van der Waals surface area contributed by atoms with Gasteiger partial charge in [-0.05, 0) is 30.0 Å². The van der Waals surface area contributed by atoms with Crippen LogP contribution in [0.2, 0.25) is 0 Å². The number of hydrogen-bond donors (Lipinski definition) is 3. The van der Waals surface area contributed by atoms with E-state index in [0.29, 0.717) is 12.6 Å². The molecule has 116 valence electrons. The highest BCUT2D eigenvalue weighted by Gasteiger charge is 2.33. The van der Waals surface area contributed by atoms with Crippen LogP contribution in [0.5, 0.6) is 0 Å². The summed E-state index contributed by atoms with van der Waals surface area (Å²) < 4.78 is 0.